The van der Waals surface area contributed by atoms with Crippen LogP contribution in [0.3, 0.4) is 0 Å². The van der Waals surface area contributed by atoms with Crippen LogP contribution in [0.4, 0.5) is 5.69 Å². The Hall–Kier alpha value is -2.48. The molecule has 8 nitrogen and oxygen atoms in total. The van der Waals surface area contributed by atoms with Crippen molar-refractivity contribution in [3.8, 4) is 5.82 Å². The zero-order valence-electron chi connectivity index (χ0n) is 9.70. The number of aromatic nitrogens is 3. The van der Waals surface area contributed by atoms with Gasteiger partial charge in [-0.05, 0) is 12.1 Å². The highest BCUT2D eigenvalue weighted by molar-refractivity contribution is 6.29. The molecule has 0 saturated carbocycles. The SMILES string of the molecule is CNC(=O)c1ccn(-c2nc(Cl)ccc2[N+](=O)[O-])n1. The lowest BCUT2D eigenvalue weighted by Gasteiger charge is -2.02. The predicted molar refractivity (Wildman–Crippen MR) is 66.4 cm³/mol. The fraction of sp³-hybridized carbons (Fsp3) is 0.100. The Balaban J connectivity index is 2.52. The zero-order chi connectivity index (χ0) is 14.0. The van der Waals surface area contributed by atoms with Crippen LogP contribution in [0.15, 0.2) is 24.4 Å². The number of carbonyl (C=O) groups excluding carboxylic acids is 1. The van der Waals surface area contributed by atoms with Crippen LogP contribution in [0.1, 0.15) is 10.5 Å². The molecule has 0 aromatic carbocycles. The molecule has 2 aromatic heterocycles. The molecule has 9 heteroatoms. The first-order chi connectivity index (χ1) is 9.02. The number of nitro groups is 1. The van der Waals surface area contributed by atoms with Crippen LogP contribution in [0.2, 0.25) is 5.15 Å². The molecule has 1 N–H and O–H groups in total. The molecule has 0 bridgehead atoms. The average molecular weight is 282 g/mol. The average Bonchev–Trinajstić information content (AvgIpc) is 2.86. The summed E-state index contributed by atoms with van der Waals surface area (Å²) in [5.74, 6) is -0.448. The molecule has 0 aliphatic carbocycles. The molecular formula is C10H8ClN5O3. The molecule has 0 aliphatic rings. The van der Waals surface area contributed by atoms with E-state index in [-0.39, 0.29) is 22.4 Å². The van der Waals surface area contributed by atoms with Crippen molar-refractivity contribution in [2.75, 3.05) is 7.05 Å². The van der Waals surface area contributed by atoms with E-state index in [4.69, 9.17) is 11.6 Å². The quantitative estimate of drug-likeness (QED) is 0.517. The van der Waals surface area contributed by atoms with Crippen LogP contribution >= 0.6 is 11.6 Å². The number of hydrogen-bond donors (Lipinski definition) is 1. The van der Waals surface area contributed by atoms with Gasteiger partial charge in [0, 0.05) is 19.3 Å². The third-order valence-electron chi connectivity index (χ3n) is 2.28. The second-order valence-corrected chi connectivity index (χ2v) is 3.85. The number of halogens is 1. The van der Waals surface area contributed by atoms with Gasteiger partial charge in [-0.2, -0.15) is 5.10 Å². The fourth-order valence-electron chi connectivity index (χ4n) is 1.42. The smallest absolute Gasteiger partial charge is 0.313 e. The van der Waals surface area contributed by atoms with Gasteiger partial charge in [-0.1, -0.05) is 11.6 Å². The van der Waals surface area contributed by atoms with Gasteiger partial charge in [-0.3, -0.25) is 14.9 Å². The summed E-state index contributed by atoms with van der Waals surface area (Å²) >= 11 is 5.71. The summed E-state index contributed by atoms with van der Waals surface area (Å²) in [5.41, 5.74) is -0.130. The van der Waals surface area contributed by atoms with Crippen molar-refractivity contribution in [3.63, 3.8) is 0 Å². The van der Waals surface area contributed by atoms with Gasteiger partial charge < -0.3 is 5.32 Å². The summed E-state index contributed by atoms with van der Waals surface area (Å²) in [4.78, 5) is 25.5. The number of nitrogens with one attached hydrogen (secondary N) is 1. The van der Waals surface area contributed by atoms with Gasteiger partial charge in [-0.15, -0.1) is 0 Å². The summed E-state index contributed by atoms with van der Waals surface area (Å²) in [7, 11) is 1.46. The minimum atomic E-state index is -0.597. The monoisotopic (exact) mass is 281 g/mol. The Morgan fingerprint density at radius 1 is 1.47 bits per heavy atom. The van der Waals surface area contributed by atoms with Gasteiger partial charge in [0.1, 0.15) is 5.15 Å². The number of rotatable bonds is 3. The third-order valence-corrected chi connectivity index (χ3v) is 2.49. The Morgan fingerprint density at radius 2 is 2.21 bits per heavy atom. The molecular weight excluding hydrogens is 274 g/mol. The van der Waals surface area contributed by atoms with E-state index in [0.29, 0.717) is 0 Å². The number of hydrogen-bond acceptors (Lipinski definition) is 5. The highest BCUT2D eigenvalue weighted by atomic mass is 35.5. The molecule has 2 heterocycles. The molecule has 0 atom stereocenters. The lowest BCUT2D eigenvalue weighted by molar-refractivity contribution is -0.384. The van der Waals surface area contributed by atoms with Crippen molar-refractivity contribution in [2.45, 2.75) is 0 Å². The molecule has 0 unspecified atom stereocenters. The molecule has 0 fully saturated rings. The molecule has 0 radical (unpaired) electrons. The van der Waals surface area contributed by atoms with E-state index in [1.54, 1.807) is 0 Å². The maximum atomic E-state index is 11.4. The second-order valence-electron chi connectivity index (χ2n) is 3.46. The van der Waals surface area contributed by atoms with Gasteiger partial charge in [0.05, 0.1) is 4.92 Å². The lowest BCUT2D eigenvalue weighted by atomic mass is 10.4. The predicted octanol–water partition coefficient (Wildman–Crippen LogP) is 1.19. The van der Waals surface area contributed by atoms with E-state index in [1.165, 1.54) is 31.4 Å². The van der Waals surface area contributed by atoms with Gasteiger partial charge in [0.2, 0.25) is 5.82 Å². The first-order valence-electron chi connectivity index (χ1n) is 5.12. The van der Waals surface area contributed by atoms with Crippen LogP contribution in [0, 0.1) is 10.1 Å². The van der Waals surface area contributed by atoms with Gasteiger partial charge in [0.25, 0.3) is 5.91 Å². The number of amides is 1. The normalized spacial score (nSPS) is 10.2. The number of nitrogens with zero attached hydrogens (tertiary/aromatic N) is 4. The minimum absolute atomic E-state index is 0.0485. The van der Waals surface area contributed by atoms with Crippen molar-refractivity contribution in [2.24, 2.45) is 0 Å². The van der Waals surface area contributed by atoms with Gasteiger partial charge in [-0.25, -0.2) is 9.67 Å². The Bertz CT molecular complexity index is 654. The summed E-state index contributed by atoms with van der Waals surface area (Å²) in [5, 5.41) is 17.3. The van der Waals surface area contributed by atoms with Crippen LogP contribution in [0.5, 0.6) is 0 Å². The van der Waals surface area contributed by atoms with Crippen molar-refractivity contribution >= 4 is 23.2 Å². The van der Waals surface area contributed by atoms with Crippen molar-refractivity contribution in [1.82, 2.24) is 20.1 Å². The number of carbonyl (C=O) groups is 1. The van der Waals surface area contributed by atoms with E-state index in [1.807, 2.05) is 0 Å². The highest BCUT2D eigenvalue weighted by Crippen LogP contribution is 2.22. The second kappa shape index (κ2) is 5.02. The molecule has 0 aliphatic heterocycles. The summed E-state index contributed by atoms with van der Waals surface area (Å²) < 4.78 is 1.13. The van der Waals surface area contributed by atoms with E-state index in [9.17, 15) is 14.9 Å². The summed E-state index contributed by atoms with van der Waals surface area (Å²) in [6.07, 6.45) is 1.40. The highest BCUT2D eigenvalue weighted by Gasteiger charge is 2.19. The van der Waals surface area contributed by atoms with Gasteiger partial charge >= 0.3 is 5.69 Å². The topological polar surface area (TPSA) is 103 Å². The summed E-state index contributed by atoms with van der Waals surface area (Å²) in [6, 6.07) is 3.96. The van der Waals surface area contributed by atoms with Crippen LogP contribution in [0.25, 0.3) is 5.82 Å². The largest absolute Gasteiger partial charge is 0.354 e. The molecule has 1 amide bonds. The Kier molecular flexibility index (Phi) is 3.43. The van der Waals surface area contributed by atoms with E-state index < -0.39 is 10.8 Å². The standard InChI is InChI=1S/C10H8ClN5O3/c1-12-10(17)6-4-5-15(14-6)9-7(16(18)19)2-3-8(11)13-9/h2-5H,1H3,(H,12,17). The molecule has 19 heavy (non-hydrogen) atoms. The zero-order valence-corrected chi connectivity index (χ0v) is 10.5. The Labute approximate surface area is 112 Å². The minimum Gasteiger partial charge on any atom is -0.354 e. The van der Waals surface area contributed by atoms with E-state index >= 15 is 0 Å². The summed E-state index contributed by atoms with van der Waals surface area (Å²) in [6.45, 7) is 0. The molecule has 0 spiro atoms. The first kappa shape index (κ1) is 13.0. The molecule has 98 valence electrons. The van der Waals surface area contributed by atoms with Crippen molar-refractivity contribution in [1.29, 1.82) is 0 Å². The fourth-order valence-corrected chi connectivity index (χ4v) is 1.56. The van der Waals surface area contributed by atoms with E-state index in [0.717, 1.165) is 4.68 Å². The molecule has 0 saturated heterocycles. The van der Waals surface area contributed by atoms with Crippen LogP contribution in [-0.2, 0) is 0 Å². The Morgan fingerprint density at radius 3 is 2.84 bits per heavy atom. The van der Waals surface area contributed by atoms with Crippen LogP contribution in [-0.4, -0.2) is 32.6 Å². The lowest BCUT2D eigenvalue weighted by Crippen LogP contribution is -2.18. The first-order valence-corrected chi connectivity index (χ1v) is 5.50. The van der Waals surface area contributed by atoms with Gasteiger partial charge in [0.15, 0.2) is 5.69 Å². The molecule has 2 rings (SSSR count). The maximum absolute atomic E-state index is 11.4. The van der Waals surface area contributed by atoms with Crippen LogP contribution < -0.4 is 5.32 Å². The molecule has 2 aromatic rings. The van der Waals surface area contributed by atoms with Crippen molar-refractivity contribution < 1.29 is 9.72 Å². The number of pyridine rings is 1. The van der Waals surface area contributed by atoms with E-state index in [2.05, 4.69) is 15.4 Å². The maximum Gasteiger partial charge on any atom is 0.313 e. The third kappa shape index (κ3) is 2.52. The van der Waals surface area contributed by atoms with Crippen molar-refractivity contribution in [3.05, 3.63) is 45.4 Å².